The van der Waals surface area contributed by atoms with E-state index in [4.69, 9.17) is 11.0 Å². The normalized spacial score (nSPS) is 10.7. The van der Waals surface area contributed by atoms with Crippen molar-refractivity contribution in [2.75, 3.05) is 5.73 Å². The molecule has 0 atom stereocenters. The Bertz CT molecular complexity index is 863. The van der Waals surface area contributed by atoms with Crippen LogP contribution in [0.15, 0.2) is 40.9 Å². The Kier molecular flexibility index (Phi) is 2.92. The number of aromatic nitrogens is 2. The van der Waals surface area contributed by atoms with Crippen molar-refractivity contribution < 1.29 is 4.39 Å². The van der Waals surface area contributed by atoms with Gasteiger partial charge in [0.25, 0.3) is 0 Å². The molecule has 1 aromatic heterocycles. The van der Waals surface area contributed by atoms with Gasteiger partial charge in [-0.2, -0.15) is 5.26 Å². The van der Waals surface area contributed by atoms with E-state index in [1.165, 1.54) is 6.07 Å². The highest BCUT2D eigenvalue weighted by molar-refractivity contribution is 9.10. The van der Waals surface area contributed by atoms with Gasteiger partial charge in [0.15, 0.2) is 0 Å². The van der Waals surface area contributed by atoms with E-state index in [0.717, 1.165) is 0 Å². The van der Waals surface area contributed by atoms with Gasteiger partial charge in [0.05, 0.1) is 32.8 Å². The molecule has 2 N–H and O–H groups in total. The Hall–Kier alpha value is -2.39. The summed E-state index contributed by atoms with van der Waals surface area (Å²) >= 11 is 3.12. The quantitative estimate of drug-likeness (QED) is 0.743. The second-order valence-corrected chi connectivity index (χ2v) is 5.08. The van der Waals surface area contributed by atoms with Crippen molar-refractivity contribution in [1.29, 1.82) is 5.26 Å². The monoisotopic (exact) mass is 330 g/mol. The zero-order valence-electron chi connectivity index (χ0n) is 10.1. The summed E-state index contributed by atoms with van der Waals surface area (Å²) in [5, 5.41) is 8.95. The molecule has 0 aliphatic rings. The largest absolute Gasteiger partial charge is 0.369 e. The second-order valence-electron chi connectivity index (χ2n) is 4.22. The molecule has 0 radical (unpaired) electrons. The molecule has 3 aromatic rings. The van der Waals surface area contributed by atoms with Crippen LogP contribution in [0.1, 0.15) is 5.56 Å². The molecular weight excluding hydrogens is 323 g/mol. The minimum absolute atomic E-state index is 0.243. The van der Waals surface area contributed by atoms with E-state index in [-0.39, 0.29) is 5.95 Å². The smallest absolute Gasteiger partial charge is 0.205 e. The third-order valence-corrected chi connectivity index (χ3v) is 3.56. The van der Waals surface area contributed by atoms with E-state index in [1.807, 2.05) is 0 Å². The molecule has 0 unspecified atom stereocenters. The standard InChI is InChI=1S/C14H8BrFN4/c15-10-5-12-13(6-11(10)16)20(14(18)19-12)9-3-1-2-8(4-9)7-17/h1-6H,(H2,18,19). The van der Waals surface area contributed by atoms with Gasteiger partial charge in [-0.3, -0.25) is 4.57 Å². The van der Waals surface area contributed by atoms with Crippen molar-refractivity contribution in [3.05, 3.63) is 52.3 Å². The minimum Gasteiger partial charge on any atom is -0.369 e. The molecule has 20 heavy (non-hydrogen) atoms. The molecule has 0 aliphatic carbocycles. The van der Waals surface area contributed by atoms with Crippen LogP contribution in [0.3, 0.4) is 0 Å². The molecule has 0 saturated heterocycles. The number of anilines is 1. The number of benzene rings is 2. The summed E-state index contributed by atoms with van der Waals surface area (Å²) in [6.07, 6.45) is 0. The molecule has 2 aromatic carbocycles. The summed E-state index contributed by atoms with van der Waals surface area (Å²) < 4.78 is 15.7. The summed E-state index contributed by atoms with van der Waals surface area (Å²) in [6, 6.07) is 11.9. The third-order valence-electron chi connectivity index (χ3n) is 2.96. The summed E-state index contributed by atoms with van der Waals surface area (Å²) in [5.74, 6) is -0.150. The van der Waals surface area contributed by atoms with Crippen molar-refractivity contribution in [1.82, 2.24) is 9.55 Å². The number of nitriles is 1. The zero-order valence-corrected chi connectivity index (χ0v) is 11.7. The lowest BCUT2D eigenvalue weighted by Gasteiger charge is -2.07. The topological polar surface area (TPSA) is 67.6 Å². The second kappa shape index (κ2) is 4.62. The van der Waals surface area contributed by atoms with Crippen molar-refractivity contribution >= 4 is 32.9 Å². The lowest BCUT2D eigenvalue weighted by Crippen LogP contribution is -2.00. The molecule has 0 amide bonds. The maximum atomic E-state index is 13.7. The Morgan fingerprint density at radius 1 is 1.30 bits per heavy atom. The predicted molar refractivity (Wildman–Crippen MR) is 77.9 cm³/mol. The summed E-state index contributed by atoms with van der Waals surface area (Å²) in [5.41, 5.74) is 8.22. The number of nitrogens with zero attached hydrogens (tertiary/aromatic N) is 3. The molecule has 6 heteroatoms. The first-order valence-electron chi connectivity index (χ1n) is 5.73. The Labute approximate surface area is 122 Å². The fraction of sp³-hybridized carbons (Fsp3) is 0. The minimum atomic E-state index is -0.393. The van der Waals surface area contributed by atoms with Gasteiger partial charge in [-0.05, 0) is 40.2 Å². The molecule has 3 rings (SSSR count). The highest BCUT2D eigenvalue weighted by Gasteiger charge is 2.13. The van der Waals surface area contributed by atoms with Crippen molar-refractivity contribution in [2.45, 2.75) is 0 Å². The summed E-state index contributed by atoms with van der Waals surface area (Å²) in [7, 11) is 0. The van der Waals surface area contributed by atoms with Crippen molar-refractivity contribution in [2.24, 2.45) is 0 Å². The lowest BCUT2D eigenvalue weighted by molar-refractivity contribution is 0.622. The van der Waals surface area contributed by atoms with Crippen LogP contribution >= 0.6 is 15.9 Å². The third kappa shape index (κ3) is 1.92. The van der Waals surface area contributed by atoms with E-state index in [2.05, 4.69) is 27.0 Å². The molecule has 0 bridgehead atoms. The van der Waals surface area contributed by atoms with Crippen LogP contribution in [-0.2, 0) is 0 Å². The van der Waals surface area contributed by atoms with E-state index in [0.29, 0.717) is 26.8 Å². The first-order chi connectivity index (χ1) is 9.60. The first kappa shape index (κ1) is 12.6. The molecule has 0 spiro atoms. The van der Waals surface area contributed by atoms with Crippen LogP contribution in [-0.4, -0.2) is 9.55 Å². The summed E-state index contributed by atoms with van der Waals surface area (Å²) in [4.78, 5) is 4.21. The zero-order chi connectivity index (χ0) is 14.3. The van der Waals surface area contributed by atoms with Crippen LogP contribution < -0.4 is 5.73 Å². The number of hydrogen-bond acceptors (Lipinski definition) is 3. The molecular formula is C14H8BrFN4. The number of halogens is 2. The maximum absolute atomic E-state index is 13.7. The average molecular weight is 331 g/mol. The predicted octanol–water partition coefficient (Wildman–Crippen LogP) is 3.38. The van der Waals surface area contributed by atoms with Crippen LogP contribution in [0.25, 0.3) is 16.7 Å². The SMILES string of the molecule is N#Cc1cccc(-n2c(N)nc3cc(Br)c(F)cc32)c1. The van der Waals surface area contributed by atoms with Gasteiger partial charge in [-0.25, -0.2) is 9.37 Å². The molecule has 1 heterocycles. The van der Waals surface area contributed by atoms with Crippen LogP contribution in [0.5, 0.6) is 0 Å². The van der Waals surface area contributed by atoms with Crippen LogP contribution in [0.2, 0.25) is 0 Å². The highest BCUT2D eigenvalue weighted by atomic mass is 79.9. The van der Waals surface area contributed by atoms with Crippen LogP contribution in [0.4, 0.5) is 10.3 Å². The molecule has 0 fully saturated rings. The van der Waals surface area contributed by atoms with Crippen molar-refractivity contribution in [3.63, 3.8) is 0 Å². The number of nitrogen functional groups attached to an aromatic ring is 1. The van der Waals surface area contributed by atoms with E-state index in [9.17, 15) is 4.39 Å². The van der Waals surface area contributed by atoms with Gasteiger partial charge in [-0.1, -0.05) is 6.07 Å². The van der Waals surface area contributed by atoms with Gasteiger partial charge in [0, 0.05) is 6.07 Å². The molecule has 0 saturated carbocycles. The first-order valence-corrected chi connectivity index (χ1v) is 6.53. The Morgan fingerprint density at radius 2 is 2.10 bits per heavy atom. The van der Waals surface area contributed by atoms with E-state index >= 15 is 0 Å². The lowest BCUT2D eigenvalue weighted by atomic mass is 10.2. The number of nitrogens with two attached hydrogens (primary N) is 1. The van der Waals surface area contributed by atoms with Gasteiger partial charge in [0.1, 0.15) is 5.82 Å². The molecule has 0 aliphatic heterocycles. The highest BCUT2D eigenvalue weighted by Crippen LogP contribution is 2.28. The Morgan fingerprint density at radius 3 is 2.85 bits per heavy atom. The van der Waals surface area contributed by atoms with Gasteiger partial charge in [-0.15, -0.1) is 0 Å². The molecule has 98 valence electrons. The van der Waals surface area contributed by atoms with Gasteiger partial charge >= 0.3 is 0 Å². The van der Waals surface area contributed by atoms with E-state index < -0.39 is 5.82 Å². The van der Waals surface area contributed by atoms with Gasteiger partial charge < -0.3 is 5.73 Å². The number of rotatable bonds is 1. The van der Waals surface area contributed by atoms with E-state index in [1.54, 1.807) is 34.9 Å². The fourth-order valence-corrected chi connectivity index (χ4v) is 2.41. The number of imidazole rings is 1. The van der Waals surface area contributed by atoms with Crippen molar-refractivity contribution in [3.8, 4) is 11.8 Å². The Balaban J connectivity index is 2.33. The van der Waals surface area contributed by atoms with Gasteiger partial charge in [0.2, 0.25) is 5.95 Å². The fourth-order valence-electron chi connectivity index (χ4n) is 2.08. The summed E-state index contributed by atoms with van der Waals surface area (Å²) in [6.45, 7) is 0. The maximum Gasteiger partial charge on any atom is 0.205 e. The molecule has 4 nitrogen and oxygen atoms in total. The number of fused-ring (bicyclic) bond motifs is 1. The average Bonchev–Trinajstić information content (AvgIpc) is 2.74. The number of hydrogen-bond donors (Lipinski definition) is 1. The van der Waals surface area contributed by atoms with Crippen LogP contribution in [0, 0.1) is 17.1 Å².